The van der Waals surface area contributed by atoms with Crippen LogP contribution in [0.5, 0.6) is 5.75 Å². The van der Waals surface area contributed by atoms with Gasteiger partial charge in [-0.15, -0.1) is 0 Å². The zero-order chi connectivity index (χ0) is 27.0. The molecule has 2 aromatic carbocycles. The summed E-state index contributed by atoms with van der Waals surface area (Å²) in [5.74, 6) is 2.25. The van der Waals surface area contributed by atoms with E-state index in [2.05, 4.69) is 24.3 Å². The van der Waals surface area contributed by atoms with Gasteiger partial charge in [-0.1, -0.05) is 30.3 Å². The molecule has 0 spiro atoms. The van der Waals surface area contributed by atoms with Crippen molar-refractivity contribution >= 4 is 23.5 Å². The zero-order valence-electron chi connectivity index (χ0n) is 22.8. The predicted octanol–water partition coefficient (Wildman–Crippen LogP) is 4.86. The van der Waals surface area contributed by atoms with Gasteiger partial charge in [-0.05, 0) is 92.4 Å². The van der Waals surface area contributed by atoms with Gasteiger partial charge in [0.15, 0.2) is 0 Å². The highest BCUT2D eigenvalue weighted by molar-refractivity contribution is 6.00. The summed E-state index contributed by atoms with van der Waals surface area (Å²) in [6.45, 7) is 3.22. The largest absolute Gasteiger partial charge is 0.489 e. The van der Waals surface area contributed by atoms with Crippen molar-refractivity contribution in [2.75, 3.05) is 31.1 Å². The van der Waals surface area contributed by atoms with E-state index in [9.17, 15) is 14.4 Å². The van der Waals surface area contributed by atoms with Gasteiger partial charge in [0.1, 0.15) is 25.3 Å². The van der Waals surface area contributed by atoms with Crippen LogP contribution in [0.4, 0.5) is 5.69 Å². The molecule has 4 saturated carbocycles. The maximum absolute atomic E-state index is 13.3. The summed E-state index contributed by atoms with van der Waals surface area (Å²) in [4.78, 5) is 40.8. The highest BCUT2D eigenvalue weighted by Crippen LogP contribution is 2.62. The number of carbonyl (C=O) groups excluding carboxylic acids is 3. The number of esters is 1. The number of anilines is 1. The van der Waals surface area contributed by atoms with E-state index in [1.54, 1.807) is 11.8 Å². The molecule has 7 heteroatoms. The van der Waals surface area contributed by atoms with E-state index in [0.717, 1.165) is 34.8 Å². The smallest absolute Gasteiger partial charge is 0.315 e. The fourth-order valence-corrected chi connectivity index (χ4v) is 8.01. The normalized spacial score (nSPS) is 27.5. The minimum Gasteiger partial charge on any atom is -0.489 e. The predicted molar refractivity (Wildman–Crippen MR) is 147 cm³/mol. The number of hydrogen-bond donors (Lipinski definition) is 0. The second kappa shape index (κ2) is 10.7. The van der Waals surface area contributed by atoms with Crippen LogP contribution in [0, 0.1) is 17.8 Å². The Labute approximate surface area is 230 Å². The van der Waals surface area contributed by atoms with E-state index >= 15 is 0 Å². The first-order chi connectivity index (χ1) is 18.9. The molecule has 0 atom stereocenters. The first kappa shape index (κ1) is 25.9. The number of benzene rings is 2. The Kier molecular flexibility index (Phi) is 7.08. The van der Waals surface area contributed by atoms with Crippen molar-refractivity contribution in [2.24, 2.45) is 17.8 Å². The molecule has 2 amide bonds. The third kappa shape index (κ3) is 5.28. The lowest BCUT2D eigenvalue weighted by atomic mass is 9.48. The molecule has 5 aliphatic rings. The summed E-state index contributed by atoms with van der Waals surface area (Å²) < 4.78 is 11.4. The number of hydrogen-bond acceptors (Lipinski definition) is 5. The maximum Gasteiger partial charge on any atom is 0.315 e. The minimum atomic E-state index is -0.552. The molecule has 4 aliphatic carbocycles. The molecule has 4 bridgehead atoms. The summed E-state index contributed by atoms with van der Waals surface area (Å²) in [6.07, 6.45) is 7.36. The molecular weight excluding hydrogens is 492 g/mol. The van der Waals surface area contributed by atoms with E-state index in [1.165, 1.54) is 49.0 Å². The van der Waals surface area contributed by atoms with Gasteiger partial charge in [0, 0.05) is 24.3 Å². The lowest BCUT2D eigenvalue weighted by Crippen LogP contribution is -2.53. The van der Waals surface area contributed by atoms with Gasteiger partial charge >= 0.3 is 5.97 Å². The van der Waals surface area contributed by atoms with Gasteiger partial charge in [-0.25, -0.2) is 0 Å². The Hall–Kier alpha value is -3.35. The molecule has 1 aliphatic heterocycles. The molecule has 5 fully saturated rings. The van der Waals surface area contributed by atoms with E-state index in [1.807, 2.05) is 24.3 Å². The average Bonchev–Trinajstić information content (AvgIpc) is 2.92. The van der Waals surface area contributed by atoms with Gasteiger partial charge in [0.25, 0.3) is 0 Å². The van der Waals surface area contributed by atoms with Crippen LogP contribution in [0.25, 0.3) is 0 Å². The summed E-state index contributed by atoms with van der Waals surface area (Å²) in [6, 6.07) is 16.5. The van der Waals surface area contributed by atoms with Crippen molar-refractivity contribution in [2.45, 2.75) is 63.9 Å². The SMILES string of the molecule is CCOC(=O)CC(=O)N1CCN(c2ccc(OCc3ccccc3)c(C34CC5CC(CC(C5)C3)C4)c2)C(=O)C1. The Morgan fingerprint density at radius 3 is 2.28 bits per heavy atom. The molecule has 39 heavy (non-hydrogen) atoms. The van der Waals surface area contributed by atoms with E-state index < -0.39 is 5.97 Å². The molecule has 2 aromatic rings. The molecule has 7 nitrogen and oxygen atoms in total. The minimum absolute atomic E-state index is 0.0306. The van der Waals surface area contributed by atoms with Gasteiger partial charge < -0.3 is 19.3 Å². The van der Waals surface area contributed by atoms with Crippen LogP contribution < -0.4 is 9.64 Å². The van der Waals surface area contributed by atoms with Crippen LogP contribution in [0.15, 0.2) is 48.5 Å². The lowest BCUT2D eigenvalue weighted by molar-refractivity contribution is -0.150. The van der Waals surface area contributed by atoms with Crippen molar-refractivity contribution in [3.63, 3.8) is 0 Å². The highest BCUT2D eigenvalue weighted by Gasteiger charge is 2.52. The summed E-state index contributed by atoms with van der Waals surface area (Å²) >= 11 is 0. The first-order valence-electron chi connectivity index (χ1n) is 14.5. The fourth-order valence-electron chi connectivity index (χ4n) is 8.01. The van der Waals surface area contributed by atoms with Gasteiger partial charge in [0.2, 0.25) is 11.8 Å². The molecule has 0 aromatic heterocycles. The van der Waals surface area contributed by atoms with Crippen LogP contribution in [0.3, 0.4) is 0 Å². The van der Waals surface area contributed by atoms with E-state index in [0.29, 0.717) is 19.7 Å². The Morgan fingerprint density at radius 1 is 0.949 bits per heavy atom. The van der Waals surface area contributed by atoms with Crippen molar-refractivity contribution in [3.05, 3.63) is 59.7 Å². The van der Waals surface area contributed by atoms with Crippen LogP contribution >= 0.6 is 0 Å². The average molecular weight is 531 g/mol. The van der Waals surface area contributed by atoms with Crippen molar-refractivity contribution in [1.29, 1.82) is 0 Å². The molecule has 0 radical (unpaired) electrons. The number of piperazine rings is 1. The monoisotopic (exact) mass is 530 g/mol. The third-order valence-electron chi connectivity index (χ3n) is 9.30. The van der Waals surface area contributed by atoms with Crippen LogP contribution in [0.2, 0.25) is 0 Å². The van der Waals surface area contributed by atoms with Crippen molar-refractivity contribution in [3.8, 4) is 5.75 Å². The Bertz CT molecular complexity index is 1210. The summed E-state index contributed by atoms with van der Waals surface area (Å²) in [7, 11) is 0. The van der Waals surface area contributed by atoms with Gasteiger partial charge in [0.05, 0.1) is 6.61 Å². The van der Waals surface area contributed by atoms with Crippen LogP contribution in [-0.4, -0.2) is 48.9 Å². The summed E-state index contributed by atoms with van der Waals surface area (Å²) in [5.41, 5.74) is 3.37. The molecule has 0 unspecified atom stereocenters. The van der Waals surface area contributed by atoms with Gasteiger partial charge in [-0.2, -0.15) is 0 Å². The Balaban J connectivity index is 1.24. The van der Waals surface area contributed by atoms with Crippen LogP contribution in [0.1, 0.15) is 63.0 Å². The molecule has 7 rings (SSSR count). The van der Waals surface area contributed by atoms with Gasteiger partial charge in [-0.3, -0.25) is 14.4 Å². The zero-order valence-corrected chi connectivity index (χ0v) is 22.8. The van der Waals surface area contributed by atoms with Crippen molar-refractivity contribution in [1.82, 2.24) is 4.90 Å². The molecule has 1 heterocycles. The topological polar surface area (TPSA) is 76.2 Å². The van der Waals surface area contributed by atoms with E-state index in [4.69, 9.17) is 9.47 Å². The number of amides is 2. The maximum atomic E-state index is 13.3. The Morgan fingerprint density at radius 2 is 1.64 bits per heavy atom. The lowest BCUT2D eigenvalue weighted by Gasteiger charge is -2.57. The van der Waals surface area contributed by atoms with Crippen molar-refractivity contribution < 1.29 is 23.9 Å². The van der Waals surface area contributed by atoms with E-state index in [-0.39, 0.29) is 36.8 Å². The quantitative estimate of drug-likeness (QED) is 0.360. The molecular formula is C32H38N2O5. The first-order valence-corrected chi connectivity index (χ1v) is 14.5. The second-order valence-electron chi connectivity index (χ2n) is 12.0. The number of nitrogens with zero attached hydrogens (tertiary/aromatic N) is 2. The number of carbonyl (C=O) groups is 3. The molecule has 206 valence electrons. The second-order valence-corrected chi connectivity index (χ2v) is 12.0. The third-order valence-corrected chi connectivity index (χ3v) is 9.30. The van der Waals surface area contributed by atoms with Crippen LogP contribution in [-0.2, 0) is 31.1 Å². The molecule has 0 N–H and O–H groups in total. The fraction of sp³-hybridized carbons (Fsp3) is 0.531. The number of ether oxygens (including phenoxy) is 2. The highest BCUT2D eigenvalue weighted by atomic mass is 16.5. The molecule has 1 saturated heterocycles. The summed E-state index contributed by atoms with van der Waals surface area (Å²) in [5, 5.41) is 0. The number of rotatable bonds is 8. The standard InChI is InChI=1S/C32H38N2O5/c1-2-38-31(37)16-29(35)33-10-11-34(30(36)20-33)26-8-9-28(39-21-22-6-4-3-5-7-22)27(15-26)32-17-23-12-24(18-32)14-25(13-23)19-32/h3-9,15,23-25H,2,10-14,16-21H2,1H3.